The van der Waals surface area contributed by atoms with E-state index in [1.807, 2.05) is 0 Å². The molecular weight excluding hydrogens is 231 g/mol. The van der Waals surface area contributed by atoms with Gasteiger partial charge in [-0.2, -0.15) is 0 Å². The molecule has 1 aromatic rings. The zero-order chi connectivity index (χ0) is 13.4. The van der Waals surface area contributed by atoms with Crippen LogP contribution in [-0.4, -0.2) is 23.4 Å². The lowest BCUT2D eigenvalue weighted by Gasteiger charge is -2.30. The predicted octanol–water partition coefficient (Wildman–Crippen LogP) is 3.02. The lowest BCUT2D eigenvalue weighted by Crippen LogP contribution is -2.34. The lowest BCUT2D eigenvalue weighted by atomic mass is 9.77. The Balaban J connectivity index is 2.75. The summed E-state index contributed by atoms with van der Waals surface area (Å²) in [6.07, 6.45) is 5.11. The van der Waals surface area contributed by atoms with E-state index in [0.29, 0.717) is 0 Å². The second-order valence-corrected chi connectivity index (χ2v) is 4.91. The van der Waals surface area contributed by atoms with Crippen molar-refractivity contribution in [2.75, 3.05) is 13.2 Å². The summed E-state index contributed by atoms with van der Waals surface area (Å²) in [5, 5.41) is 19.2. The normalized spacial score (nSPS) is 11.8. The van der Waals surface area contributed by atoms with Gasteiger partial charge in [0.15, 0.2) is 0 Å². The molecule has 0 aliphatic heterocycles. The topological polar surface area (TPSA) is 40.5 Å². The molecule has 0 heterocycles. The molecule has 102 valence electrons. The van der Waals surface area contributed by atoms with E-state index in [-0.39, 0.29) is 19.0 Å². The highest BCUT2D eigenvalue weighted by molar-refractivity contribution is 5.26. The largest absolute Gasteiger partial charge is 0.395 e. The minimum atomic E-state index is -0.637. The fourth-order valence-electron chi connectivity index (χ4n) is 2.23. The minimum Gasteiger partial charge on any atom is -0.395 e. The van der Waals surface area contributed by atoms with Gasteiger partial charge >= 0.3 is 0 Å². The summed E-state index contributed by atoms with van der Waals surface area (Å²) < 4.78 is 12.9. The second kappa shape index (κ2) is 7.49. The molecule has 0 unspecified atom stereocenters. The molecule has 0 bridgehead atoms. The fourth-order valence-corrected chi connectivity index (χ4v) is 2.23. The number of hydrogen-bond donors (Lipinski definition) is 2. The Labute approximate surface area is 108 Å². The van der Waals surface area contributed by atoms with E-state index in [2.05, 4.69) is 6.92 Å². The first-order valence-corrected chi connectivity index (χ1v) is 6.66. The molecular formula is C15H23FO2. The molecule has 0 saturated heterocycles. The summed E-state index contributed by atoms with van der Waals surface area (Å²) in [7, 11) is 0. The highest BCUT2D eigenvalue weighted by Gasteiger charge is 2.30. The van der Waals surface area contributed by atoms with Gasteiger partial charge in [0.2, 0.25) is 0 Å². The van der Waals surface area contributed by atoms with Gasteiger partial charge in [0.1, 0.15) is 5.82 Å². The van der Waals surface area contributed by atoms with Gasteiger partial charge in [0.25, 0.3) is 0 Å². The summed E-state index contributed by atoms with van der Waals surface area (Å²) >= 11 is 0. The van der Waals surface area contributed by atoms with Crippen LogP contribution in [0.25, 0.3) is 0 Å². The van der Waals surface area contributed by atoms with Gasteiger partial charge in [-0.15, -0.1) is 0 Å². The molecule has 1 aromatic carbocycles. The third-order valence-electron chi connectivity index (χ3n) is 3.57. The molecule has 0 amide bonds. The van der Waals surface area contributed by atoms with Gasteiger partial charge in [0.05, 0.1) is 13.2 Å². The SMILES string of the molecule is CCCCCCC(CO)(CO)c1ccc(F)cc1. The van der Waals surface area contributed by atoms with Crippen LogP contribution in [0.2, 0.25) is 0 Å². The van der Waals surface area contributed by atoms with Crippen molar-refractivity contribution in [3.05, 3.63) is 35.6 Å². The van der Waals surface area contributed by atoms with Gasteiger partial charge in [-0.3, -0.25) is 0 Å². The lowest BCUT2D eigenvalue weighted by molar-refractivity contribution is 0.107. The van der Waals surface area contributed by atoms with Crippen LogP contribution in [-0.2, 0) is 5.41 Å². The average Bonchev–Trinajstić information content (AvgIpc) is 2.41. The maximum absolute atomic E-state index is 12.9. The third kappa shape index (κ3) is 3.79. The average molecular weight is 254 g/mol. The van der Waals surface area contributed by atoms with E-state index < -0.39 is 5.41 Å². The highest BCUT2D eigenvalue weighted by atomic mass is 19.1. The fraction of sp³-hybridized carbons (Fsp3) is 0.600. The van der Waals surface area contributed by atoms with Gasteiger partial charge in [-0.1, -0.05) is 44.7 Å². The molecule has 0 aliphatic carbocycles. The molecule has 0 spiro atoms. The molecule has 1 rings (SSSR count). The van der Waals surface area contributed by atoms with E-state index in [9.17, 15) is 14.6 Å². The highest BCUT2D eigenvalue weighted by Crippen LogP contribution is 2.30. The Hall–Kier alpha value is -0.930. The van der Waals surface area contributed by atoms with Crippen LogP contribution in [0.3, 0.4) is 0 Å². The van der Waals surface area contributed by atoms with Gasteiger partial charge in [0, 0.05) is 5.41 Å². The Kier molecular flexibility index (Phi) is 6.30. The minimum absolute atomic E-state index is 0.110. The van der Waals surface area contributed by atoms with Crippen LogP contribution in [0, 0.1) is 5.82 Å². The monoisotopic (exact) mass is 254 g/mol. The van der Waals surface area contributed by atoms with Crippen molar-refractivity contribution >= 4 is 0 Å². The van der Waals surface area contributed by atoms with Crippen molar-refractivity contribution in [3.8, 4) is 0 Å². The zero-order valence-corrected chi connectivity index (χ0v) is 11.0. The van der Waals surface area contributed by atoms with E-state index in [0.717, 1.165) is 37.7 Å². The van der Waals surface area contributed by atoms with Crippen molar-refractivity contribution < 1.29 is 14.6 Å². The standard InChI is InChI=1S/C15H23FO2/c1-2-3-4-5-10-15(11-17,12-18)13-6-8-14(16)9-7-13/h6-9,17-18H,2-5,10-12H2,1H3. The molecule has 0 fully saturated rings. The number of rotatable bonds is 8. The van der Waals surface area contributed by atoms with Gasteiger partial charge in [-0.05, 0) is 24.1 Å². The van der Waals surface area contributed by atoms with Crippen molar-refractivity contribution in [2.45, 2.75) is 44.4 Å². The van der Waals surface area contributed by atoms with Crippen LogP contribution in [0.5, 0.6) is 0 Å². The zero-order valence-electron chi connectivity index (χ0n) is 11.0. The van der Waals surface area contributed by atoms with Crippen molar-refractivity contribution in [3.63, 3.8) is 0 Å². The summed E-state index contributed by atoms with van der Waals surface area (Å²) in [6.45, 7) is 1.92. The molecule has 2 N–H and O–H groups in total. The van der Waals surface area contributed by atoms with E-state index in [4.69, 9.17) is 0 Å². The van der Waals surface area contributed by atoms with Gasteiger partial charge < -0.3 is 10.2 Å². The van der Waals surface area contributed by atoms with Crippen LogP contribution >= 0.6 is 0 Å². The molecule has 18 heavy (non-hydrogen) atoms. The first-order valence-electron chi connectivity index (χ1n) is 6.66. The molecule has 0 aromatic heterocycles. The Morgan fingerprint density at radius 3 is 2.11 bits per heavy atom. The van der Waals surface area contributed by atoms with Crippen molar-refractivity contribution in [1.82, 2.24) is 0 Å². The molecule has 2 nitrogen and oxygen atoms in total. The molecule has 0 saturated carbocycles. The Bertz CT molecular complexity index is 331. The maximum Gasteiger partial charge on any atom is 0.123 e. The smallest absolute Gasteiger partial charge is 0.123 e. The van der Waals surface area contributed by atoms with Crippen molar-refractivity contribution in [2.24, 2.45) is 0 Å². The second-order valence-electron chi connectivity index (χ2n) is 4.91. The predicted molar refractivity (Wildman–Crippen MR) is 71.0 cm³/mol. The Morgan fingerprint density at radius 1 is 1.00 bits per heavy atom. The summed E-state index contributed by atoms with van der Waals surface area (Å²) in [6, 6.07) is 6.06. The molecule has 0 atom stereocenters. The molecule has 0 aliphatic rings. The number of halogens is 1. The summed E-state index contributed by atoms with van der Waals surface area (Å²) in [5.41, 5.74) is 0.173. The number of aliphatic hydroxyl groups is 2. The summed E-state index contributed by atoms with van der Waals surface area (Å²) in [4.78, 5) is 0. The van der Waals surface area contributed by atoms with Crippen LogP contribution < -0.4 is 0 Å². The molecule has 3 heteroatoms. The van der Waals surface area contributed by atoms with Crippen molar-refractivity contribution in [1.29, 1.82) is 0 Å². The molecule has 0 radical (unpaired) electrons. The van der Waals surface area contributed by atoms with E-state index in [1.165, 1.54) is 12.1 Å². The maximum atomic E-state index is 12.9. The van der Waals surface area contributed by atoms with Crippen LogP contribution in [0.4, 0.5) is 4.39 Å². The first kappa shape index (κ1) is 15.1. The first-order chi connectivity index (χ1) is 8.68. The van der Waals surface area contributed by atoms with E-state index in [1.54, 1.807) is 12.1 Å². The van der Waals surface area contributed by atoms with E-state index >= 15 is 0 Å². The Morgan fingerprint density at radius 2 is 1.61 bits per heavy atom. The summed E-state index contributed by atoms with van der Waals surface area (Å²) in [5.74, 6) is -0.297. The number of unbranched alkanes of at least 4 members (excludes halogenated alkanes) is 3. The number of aliphatic hydroxyl groups excluding tert-OH is 2. The van der Waals surface area contributed by atoms with Crippen LogP contribution in [0.15, 0.2) is 24.3 Å². The van der Waals surface area contributed by atoms with Crippen LogP contribution in [0.1, 0.15) is 44.6 Å². The number of benzene rings is 1. The third-order valence-corrected chi connectivity index (χ3v) is 3.57. The quantitative estimate of drug-likeness (QED) is 0.700. The number of hydrogen-bond acceptors (Lipinski definition) is 2. The van der Waals surface area contributed by atoms with Gasteiger partial charge in [-0.25, -0.2) is 4.39 Å².